The Labute approximate surface area is 127 Å². The second-order valence-electron chi connectivity index (χ2n) is 6.61. The molecule has 2 aliphatic rings. The summed E-state index contributed by atoms with van der Waals surface area (Å²) in [6.45, 7) is 5.34. The number of sulfonamides is 1. The van der Waals surface area contributed by atoms with Gasteiger partial charge in [0.25, 0.3) is 10.0 Å². The van der Waals surface area contributed by atoms with Gasteiger partial charge in [-0.2, -0.15) is 0 Å². The first-order valence-electron chi connectivity index (χ1n) is 7.55. The quantitative estimate of drug-likeness (QED) is 0.841. The van der Waals surface area contributed by atoms with E-state index in [4.69, 9.17) is 1.37 Å². The van der Waals surface area contributed by atoms with Gasteiger partial charge < -0.3 is 4.90 Å². The molecule has 0 N–H and O–H groups in total. The van der Waals surface area contributed by atoms with Crippen LogP contribution >= 0.6 is 0 Å². The van der Waals surface area contributed by atoms with E-state index < -0.39 is 22.6 Å². The van der Waals surface area contributed by atoms with E-state index in [9.17, 15) is 13.2 Å². The van der Waals surface area contributed by atoms with Crippen molar-refractivity contribution in [2.75, 3.05) is 13.1 Å². The molecule has 2 saturated heterocycles. The smallest absolute Gasteiger partial charge is 0.318 e. The van der Waals surface area contributed by atoms with Gasteiger partial charge >= 0.3 is 6.03 Å². The maximum absolute atomic E-state index is 12.7. The van der Waals surface area contributed by atoms with Crippen LogP contribution in [-0.4, -0.2) is 42.8 Å². The fourth-order valence-corrected chi connectivity index (χ4v) is 4.33. The van der Waals surface area contributed by atoms with Crippen molar-refractivity contribution in [3.8, 4) is 0 Å². The van der Waals surface area contributed by atoms with Crippen LogP contribution < -0.4 is 0 Å². The Balaban J connectivity index is 1.96. The summed E-state index contributed by atoms with van der Waals surface area (Å²) in [6.07, 6.45) is 0.646. The summed E-state index contributed by atoms with van der Waals surface area (Å²) in [5.41, 5.74) is 0.871. The van der Waals surface area contributed by atoms with Crippen LogP contribution in [0.15, 0.2) is 29.2 Å². The molecule has 2 amide bonds. The third kappa shape index (κ3) is 2.31. The van der Waals surface area contributed by atoms with E-state index in [1.807, 2.05) is 20.8 Å². The molecule has 0 unspecified atom stereocenters. The van der Waals surface area contributed by atoms with Crippen molar-refractivity contribution < 1.29 is 14.6 Å². The van der Waals surface area contributed by atoms with Crippen molar-refractivity contribution in [3.05, 3.63) is 29.8 Å². The lowest BCUT2D eigenvalue weighted by molar-refractivity contribution is 0.201. The molecule has 3 rings (SSSR count). The fraction of sp³-hybridized carbons (Fsp3) is 0.533. The molecule has 1 aromatic carbocycles. The van der Waals surface area contributed by atoms with Gasteiger partial charge in [-0.15, -0.1) is 0 Å². The predicted octanol–water partition coefficient (Wildman–Crippen LogP) is 2.22. The molecule has 5 nitrogen and oxygen atoms in total. The Bertz CT molecular complexity index is 715. The number of carbonyl (C=O) groups is 1. The molecule has 0 saturated carbocycles. The monoisotopic (exact) mass is 309 g/mol. The zero-order chi connectivity index (χ0) is 16.3. The lowest BCUT2D eigenvalue weighted by atomic mass is 9.90. The van der Waals surface area contributed by atoms with Gasteiger partial charge in [-0.25, -0.2) is 17.5 Å². The second kappa shape index (κ2) is 4.47. The molecule has 2 heterocycles. The minimum atomic E-state index is -3.98. The summed E-state index contributed by atoms with van der Waals surface area (Å²) in [5, 5.41) is 0. The normalized spacial score (nSPS) is 28.7. The number of hydrogen-bond donors (Lipinski definition) is 0. The summed E-state index contributed by atoms with van der Waals surface area (Å²) in [6, 6.07) is 5.42. The molecule has 0 bridgehead atoms. The van der Waals surface area contributed by atoms with E-state index >= 15 is 0 Å². The van der Waals surface area contributed by atoms with Gasteiger partial charge in [-0.1, -0.05) is 31.5 Å². The molecule has 0 aliphatic carbocycles. The summed E-state index contributed by atoms with van der Waals surface area (Å²) >= 11 is 0. The van der Waals surface area contributed by atoms with E-state index in [0.717, 1.165) is 9.87 Å². The molecular formula is C15H20N2O3S. The van der Waals surface area contributed by atoms with Crippen LogP contribution in [-0.2, 0) is 10.0 Å². The summed E-state index contributed by atoms with van der Waals surface area (Å²) in [7, 11) is -3.98. The van der Waals surface area contributed by atoms with Crippen molar-refractivity contribution in [1.29, 1.82) is 0 Å². The summed E-state index contributed by atoms with van der Waals surface area (Å²) < 4.78 is 34.4. The number of hydrogen-bond acceptors (Lipinski definition) is 3. The molecule has 2 aliphatic heterocycles. The number of benzene rings is 1. The van der Waals surface area contributed by atoms with Gasteiger partial charge in [0.1, 0.15) is 0 Å². The number of nitrogens with zero attached hydrogens (tertiary/aromatic N) is 2. The zero-order valence-corrected chi connectivity index (χ0v) is 13.2. The molecule has 1 aromatic rings. The van der Waals surface area contributed by atoms with Crippen molar-refractivity contribution in [2.24, 2.45) is 5.41 Å². The van der Waals surface area contributed by atoms with Crippen LogP contribution in [0.3, 0.4) is 0 Å². The van der Waals surface area contributed by atoms with Crippen molar-refractivity contribution in [2.45, 2.75) is 38.1 Å². The Kier molecular flexibility index (Phi) is 2.79. The molecule has 6 heteroatoms. The topological polar surface area (TPSA) is 57.7 Å². The van der Waals surface area contributed by atoms with Crippen LogP contribution in [0.5, 0.6) is 0 Å². The maximum atomic E-state index is 12.7. The predicted molar refractivity (Wildman–Crippen MR) is 79.4 cm³/mol. The van der Waals surface area contributed by atoms with Crippen molar-refractivity contribution >= 4 is 16.1 Å². The molecule has 21 heavy (non-hydrogen) atoms. The van der Waals surface area contributed by atoms with E-state index in [1.54, 1.807) is 12.1 Å². The van der Waals surface area contributed by atoms with Gasteiger partial charge in [-0.05, 0) is 30.9 Å². The zero-order valence-electron chi connectivity index (χ0n) is 13.4. The molecule has 0 aromatic heterocycles. The molecule has 114 valence electrons. The van der Waals surface area contributed by atoms with Gasteiger partial charge in [0.05, 0.1) is 18.8 Å². The standard InChI is InChI=1S/C15H20N2O3S/c1-11-4-6-13(7-5-11)21(19,20)17-9-12-8-15(2,3)10-16(12)14(17)18/h4-7,12H,8-10H2,1-3H3/t12-/m1/s1/i9D/t9-,12-. The Morgan fingerprint density at radius 1 is 1.29 bits per heavy atom. The van der Waals surface area contributed by atoms with Gasteiger partial charge in [-0.3, -0.25) is 0 Å². The van der Waals surface area contributed by atoms with E-state index in [-0.39, 0.29) is 16.4 Å². The summed E-state index contributed by atoms with van der Waals surface area (Å²) in [4.78, 5) is 14.1. The SMILES string of the molecule is [2H][C@@H]1[C@H]2CC(C)(C)CN2C(=O)N1S(=O)(=O)c1ccc(C)cc1. The average molecular weight is 309 g/mol. The fourth-order valence-electron chi connectivity index (χ4n) is 3.02. The van der Waals surface area contributed by atoms with Gasteiger partial charge in [0, 0.05) is 6.54 Å². The number of rotatable bonds is 2. The van der Waals surface area contributed by atoms with Crippen molar-refractivity contribution in [3.63, 3.8) is 0 Å². The first-order chi connectivity index (χ1) is 10.1. The number of urea groups is 1. The highest BCUT2D eigenvalue weighted by atomic mass is 32.2. The number of fused-ring (bicyclic) bond motifs is 1. The largest absolute Gasteiger partial charge is 0.334 e. The van der Waals surface area contributed by atoms with Crippen LogP contribution in [0.25, 0.3) is 0 Å². The molecular weight excluding hydrogens is 288 g/mol. The summed E-state index contributed by atoms with van der Waals surface area (Å²) in [5.74, 6) is 0. The van der Waals surface area contributed by atoms with Gasteiger partial charge in [0.2, 0.25) is 0 Å². The highest BCUT2D eigenvalue weighted by Crippen LogP contribution is 2.39. The highest BCUT2D eigenvalue weighted by molar-refractivity contribution is 7.89. The molecule has 0 spiro atoms. The van der Waals surface area contributed by atoms with Crippen molar-refractivity contribution in [1.82, 2.24) is 9.21 Å². The Morgan fingerprint density at radius 2 is 1.90 bits per heavy atom. The highest BCUT2D eigenvalue weighted by Gasteiger charge is 2.50. The molecule has 2 fully saturated rings. The number of carbonyl (C=O) groups excluding carboxylic acids is 1. The third-order valence-electron chi connectivity index (χ3n) is 4.08. The van der Waals surface area contributed by atoms with Crippen LogP contribution in [0.2, 0.25) is 0 Å². The van der Waals surface area contributed by atoms with Crippen LogP contribution in [0, 0.1) is 12.3 Å². The Morgan fingerprint density at radius 3 is 2.48 bits per heavy atom. The Hall–Kier alpha value is -1.56. The second-order valence-corrected chi connectivity index (χ2v) is 8.42. The van der Waals surface area contributed by atoms with Crippen LogP contribution in [0.1, 0.15) is 27.2 Å². The first kappa shape index (κ1) is 13.1. The number of amides is 2. The lowest BCUT2D eigenvalue weighted by Gasteiger charge is -2.22. The van der Waals surface area contributed by atoms with Crippen LogP contribution in [0.4, 0.5) is 4.79 Å². The molecule has 2 atom stereocenters. The maximum Gasteiger partial charge on any atom is 0.334 e. The first-order valence-corrected chi connectivity index (χ1v) is 8.41. The minimum absolute atomic E-state index is 0.0594. The third-order valence-corrected chi connectivity index (χ3v) is 5.74. The van der Waals surface area contributed by atoms with Gasteiger partial charge in [0.15, 0.2) is 0 Å². The van der Waals surface area contributed by atoms with E-state index in [1.165, 1.54) is 17.0 Å². The average Bonchev–Trinajstić information content (AvgIpc) is 2.84. The minimum Gasteiger partial charge on any atom is -0.318 e. The van der Waals surface area contributed by atoms with E-state index in [2.05, 4.69) is 0 Å². The lowest BCUT2D eigenvalue weighted by Crippen LogP contribution is -2.37. The molecule has 0 radical (unpaired) electrons. The van der Waals surface area contributed by atoms with E-state index in [0.29, 0.717) is 13.0 Å². The number of aryl methyl sites for hydroxylation is 1.